The lowest BCUT2D eigenvalue weighted by Crippen LogP contribution is -2.24. The Morgan fingerprint density at radius 2 is 2.11 bits per heavy atom. The maximum Gasteiger partial charge on any atom is 0.232 e. The molecule has 1 unspecified atom stereocenters. The number of rotatable bonds is 5. The molecule has 1 fully saturated rings. The smallest absolute Gasteiger partial charge is 0.232 e. The molecule has 0 N–H and O–H groups in total. The molecular weight excluding hydrogens is 410 g/mol. The van der Waals surface area contributed by atoms with E-state index in [0.29, 0.717) is 31.2 Å². The number of carbonyl (C=O) groups is 1. The summed E-state index contributed by atoms with van der Waals surface area (Å²) >= 11 is 3.44. The monoisotopic (exact) mass is 427 g/mol. The van der Waals surface area contributed by atoms with Crippen molar-refractivity contribution in [3.05, 3.63) is 64.5 Å². The normalized spacial score (nSPS) is 16.7. The molecule has 1 aliphatic heterocycles. The van der Waals surface area contributed by atoms with E-state index in [1.165, 1.54) is 0 Å². The molecule has 2 heterocycles. The highest BCUT2D eigenvalue weighted by molar-refractivity contribution is 9.10. The van der Waals surface area contributed by atoms with Crippen LogP contribution < -0.4 is 4.74 Å². The van der Waals surface area contributed by atoms with Crippen LogP contribution >= 0.6 is 15.9 Å². The molecule has 1 atom stereocenters. The van der Waals surface area contributed by atoms with Crippen LogP contribution in [-0.4, -0.2) is 34.6 Å². The fourth-order valence-corrected chi connectivity index (χ4v) is 3.67. The molecule has 1 aromatic heterocycles. The van der Waals surface area contributed by atoms with Gasteiger partial charge in [-0.3, -0.25) is 4.79 Å². The lowest BCUT2D eigenvalue weighted by atomic mass is 10.1. The van der Waals surface area contributed by atoms with Crippen molar-refractivity contribution >= 4 is 21.8 Å². The predicted molar refractivity (Wildman–Crippen MR) is 103 cm³/mol. The molecule has 7 heteroatoms. The molecule has 0 spiro atoms. The van der Waals surface area contributed by atoms with E-state index in [1.807, 2.05) is 53.4 Å². The molecule has 4 rings (SSSR count). The van der Waals surface area contributed by atoms with Crippen LogP contribution in [0.25, 0.3) is 11.4 Å². The van der Waals surface area contributed by atoms with Gasteiger partial charge < -0.3 is 14.2 Å². The number of para-hydroxylation sites is 1. The van der Waals surface area contributed by atoms with Gasteiger partial charge in [0.05, 0.1) is 13.0 Å². The van der Waals surface area contributed by atoms with E-state index < -0.39 is 0 Å². The molecule has 0 radical (unpaired) electrons. The Hall–Kier alpha value is -2.67. The lowest BCUT2D eigenvalue weighted by Gasteiger charge is -2.17. The average Bonchev–Trinajstić information content (AvgIpc) is 3.30. The number of halogens is 1. The Kier molecular flexibility index (Phi) is 4.94. The maximum atomic E-state index is 12.5. The summed E-state index contributed by atoms with van der Waals surface area (Å²) in [6.45, 7) is 1.06. The zero-order valence-electron chi connectivity index (χ0n) is 14.8. The summed E-state index contributed by atoms with van der Waals surface area (Å²) in [6.07, 6.45) is 0.370. The summed E-state index contributed by atoms with van der Waals surface area (Å²) in [4.78, 5) is 18.8. The van der Waals surface area contributed by atoms with Crippen LogP contribution in [0, 0.1) is 0 Å². The Labute approximate surface area is 165 Å². The van der Waals surface area contributed by atoms with Crippen molar-refractivity contribution in [3.63, 3.8) is 0 Å². The first-order chi connectivity index (χ1) is 13.1. The second-order valence-corrected chi connectivity index (χ2v) is 7.37. The van der Waals surface area contributed by atoms with E-state index in [-0.39, 0.29) is 11.8 Å². The van der Waals surface area contributed by atoms with Gasteiger partial charge in [-0.25, -0.2) is 0 Å². The van der Waals surface area contributed by atoms with Crippen molar-refractivity contribution in [2.75, 3.05) is 13.7 Å². The van der Waals surface area contributed by atoms with Gasteiger partial charge in [0.1, 0.15) is 5.75 Å². The minimum Gasteiger partial charge on any atom is -0.496 e. The van der Waals surface area contributed by atoms with Crippen LogP contribution in [0.4, 0.5) is 0 Å². The first kappa shape index (κ1) is 17.7. The summed E-state index contributed by atoms with van der Waals surface area (Å²) in [5, 5.41) is 4.08. The number of amides is 1. The second kappa shape index (κ2) is 7.52. The first-order valence-corrected chi connectivity index (χ1v) is 9.42. The van der Waals surface area contributed by atoms with E-state index in [1.54, 1.807) is 7.11 Å². The topological polar surface area (TPSA) is 68.5 Å². The van der Waals surface area contributed by atoms with Crippen LogP contribution in [0.5, 0.6) is 5.75 Å². The molecule has 27 heavy (non-hydrogen) atoms. The highest BCUT2D eigenvalue weighted by Gasteiger charge is 2.34. The van der Waals surface area contributed by atoms with Crippen molar-refractivity contribution in [2.45, 2.75) is 18.9 Å². The third kappa shape index (κ3) is 3.73. The summed E-state index contributed by atoms with van der Waals surface area (Å²) in [7, 11) is 1.63. The van der Waals surface area contributed by atoms with Crippen LogP contribution in [0.1, 0.15) is 23.8 Å². The minimum absolute atomic E-state index is 0.0770. The summed E-state index contributed by atoms with van der Waals surface area (Å²) in [6, 6.07) is 15.4. The van der Waals surface area contributed by atoms with Crippen molar-refractivity contribution in [1.82, 2.24) is 15.0 Å². The number of methoxy groups -OCH3 is 1. The highest BCUT2D eigenvalue weighted by Crippen LogP contribution is 2.31. The number of carbonyl (C=O) groups excluding carboxylic acids is 1. The Morgan fingerprint density at radius 3 is 2.93 bits per heavy atom. The van der Waals surface area contributed by atoms with Crippen molar-refractivity contribution in [3.8, 4) is 17.1 Å². The van der Waals surface area contributed by atoms with Gasteiger partial charge in [-0.1, -0.05) is 51.4 Å². The van der Waals surface area contributed by atoms with E-state index >= 15 is 0 Å². The highest BCUT2D eigenvalue weighted by atomic mass is 79.9. The van der Waals surface area contributed by atoms with Gasteiger partial charge in [0, 0.05) is 35.1 Å². The Bertz CT molecular complexity index is 972. The van der Waals surface area contributed by atoms with Gasteiger partial charge in [0.25, 0.3) is 0 Å². The fourth-order valence-electron chi connectivity index (χ4n) is 3.28. The molecular formula is C20H18BrN3O3. The molecule has 6 nitrogen and oxygen atoms in total. The van der Waals surface area contributed by atoms with Crippen molar-refractivity contribution < 1.29 is 14.1 Å². The fraction of sp³-hybridized carbons (Fsp3) is 0.250. The third-order valence-electron chi connectivity index (χ3n) is 4.64. The molecule has 1 amide bonds. The summed E-state index contributed by atoms with van der Waals surface area (Å²) in [5.74, 6) is 1.79. The molecule has 2 aromatic carbocycles. The molecule has 1 saturated heterocycles. The van der Waals surface area contributed by atoms with E-state index in [0.717, 1.165) is 21.3 Å². The molecule has 0 aliphatic carbocycles. The second-order valence-electron chi connectivity index (χ2n) is 6.45. The van der Waals surface area contributed by atoms with Gasteiger partial charge in [0.2, 0.25) is 17.6 Å². The number of hydrogen-bond donors (Lipinski definition) is 0. The molecule has 0 saturated carbocycles. The average molecular weight is 428 g/mol. The van der Waals surface area contributed by atoms with Crippen molar-refractivity contribution in [1.29, 1.82) is 0 Å². The first-order valence-electron chi connectivity index (χ1n) is 8.63. The number of hydrogen-bond acceptors (Lipinski definition) is 5. The molecule has 3 aromatic rings. The van der Waals surface area contributed by atoms with Crippen LogP contribution in [0.15, 0.2) is 57.5 Å². The van der Waals surface area contributed by atoms with Crippen LogP contribution in [-0.2, 0) is 11.3 Å². The van der Waals surface area contributed by atoms with E-state index in [9.17, 15) is 4.79 Å². The van der Waals surface area contributed by atoms with Gasteiger partial charge in [0.15, 0.2) is 0 Å². The predicted octanol–water partition coefficient (Wildman–Crippen LogP) is 4.02. The van der Waals surface area contributed by atoms with E-state index in [4.69, 9.17) is 9.26 Å². The molecule has 0 bridgehead atoms. The van der Waals surface area contributed by atoms with Gasteiger partial charge in [-0.2, -0.15) is 4.98 Å². The van der Waals surface area contributed by atoms with Gasteiger partial charge in [-0.05, 0) is 18.2 Å². The van der Waals surface area contributed by atoms with E-state index in [2.05, 4.69) is 26.1 Å². The standard InChI is InChI=1S/C20H18BrN3O3/c1-26-17-8-3-2-5-14(17)11-24-12-15(10-18(24)25)20-22-19(23-27-20)13-6-4-7-16(21)9-13/h2-9,15H,10-12H2,1H3. The summed E-state index contributed by atoms with van der Waals surface area (Å²) < 4.78 is 11.8. The summed E-state index contributed by atoms with van der Waals surface area (Å²) in [5.41, 5.74) is 1.85. The molecule has 1 aliphatic rings. The zero-order chi connectivity index (χ0) is 18.8. The Morgan fingerprint density at radius 1 is 1.26 bits per heavy atom. The molecule has 138 valence electrons. The third-order valence-corrected chi connectivity index (χ3v) is 5.14. The zero-order valence-corrected chi connectivity index (χ0v) is 16.3. The number of benzene rings is 2. The minimum atomic E-state index is -0.0967. The van der Waals surface area contributed by atoms with Gasteiger partial charge >= 0.3 is 0 Å². The van der Waals surface area contributed by atoms with Gasteiger partial charge in [-0.15, -0.1) is 0 Å². The largest absolute Gasteiger partial charge is 0.496 e. The number of aromatic nitrogens is 2. The van der Waals surface area contributed by atoms with Crippen molar-refractivity contribution in [2.24, 2.45) is 0 Å². The maximum absolute atomic E-state index is 12.5. The number of likely N-dealkylation sites (tertiary alicyclic amines) is 1. The quantitative estimate of drug-likeness (QED) is 0.614. The number of nitrogens with zero attached hydrogens (tertiary/aromatic N) is 3. The van der Waals surface area contributed by atoms with Crippen LogP contribution in [0.2, 0.25) is 0 Å². The Balaban J connectivity index is 1.49. The number of ether oxygens (including phenoxy) is 1. The lowest BCUT2D eigenvalue weighted by molar-refractivity contribution is -0.128. The SMILES string of the molecule is COc1ccccc1CN1CC(c2nc(-c3cccc(Br)c3)no2)CC1=O. The van der Waals surface area contributed by atoms with Crippen LogP contribution in [0.3, 0.4) is 0 Å².